The van der Waals surface area contributed by atoms with Gasteiger partial charge in [0.15, 0.2) is 0 Å². The van der Waals surface area contributed by atoms with E-state index in [1.165, 1.54) is 19.1 Å². The number of rotatable bonds is 5. The Morgan fingerprint density at radius 2 is 1.91 bits per heavy atom. The molecule has 0 spiro atoms. The van der Waals surface area contributed by atoms with Crippen LogP contribution in [0.3, 0.4) is 0 Å². The maximum atomic E-state index is 13.6. The number of esters is 1. The van der Waals surface area contributed by atoms with Crippen molar-refractivity contribution in [1.29, 1.82) is 0 Å². The Labute approximate surface area is 141 Å². The predicted molar refractivity (Wildman–Crippen MR) is 87.3 cm³/mol. The third-order valence-corrected chi connectivity index (χ3v) is 3.62. The molecule has 2 aromatic rings. The minimum atomic E-state index is -0.832. The normalized spacial score (nSPS) is 11.6. The predicted octanol–water partition coefficient (Wildman–Crippen LogP) is 3.45. The first kappa shape index (κ1) is 17.1. The fourth-order valence-electron chi connectivity index (χ4n) is 1.84. The summed E-state index contributed by atoms with van der Waals surface area (Å²) >= 11 is 3.15. The van der Waals surface area contributed by atoms with Crippen LogP contribution in [-0.4, -0.2) is 17.9 Å². The molecule has 1 atom stereocenters. The number of carbonyl (C=O) groups is 2. The van der Waals surface area contributed by atoms with Gasteiger partial charge in [0.1, 0.15) is 18.5 Å². The van der Waals surface area contributed by atoms with Gasteiger partial charge in [0, 0.05) is 15.6 Å². The molecule has 0 aromatic heterocycles. The molecule has 1 N–H and O–H groups in total. The second-order valence-electron chi connectivity index (χ2n) is 4.90. The van der Waals surface area contributed by atoms with Crippen molar-refractivity contribution in [2.45, 2.75) is 19.6 Å². The second-order valence-corrected chi connectivity index (χ2v) is 5.82. The van der Waals surface area contributed by atoms with Crippen molar-refractivity contribution < 1.29 is 18.7 Å². The summed E-state index contributed by atoms with van der Waals surface area (Å²) in [5.74, 6) is -1.46. The second kappa shape index (κ2) is 7.87. The zero-order chi connectivity index (χ0) is 16.8. The van der Waals surface area contributed by atoms with E-state index in [0.717, 1.165) is 0 Å². The van der Waals surface area contributed by atoms with Crippen molar-refractivity contribution in [2.24, 2.45) is 0 Å². The molecule has 0 aliphatic heterocycles. The van der Waals surface area contributed by atoms with Crippen molar-refractivity contribution in [3.05, 3.63) is 69.9 Å². The zero-order valence-electron chi connectivity index (χ0n) is 12.4. The topological polar surface area (TPSA) is 55.4 Å². The van der Waals surface area contributed by atoms with Gasteiger partial charge in [0.05, 0.1) is 0 Å². The van der Waals surface area contributed by atoms with E-state index in [1.54, 1.807) is 36.4 Å². The molecule has 0 fully saturated rings. The van der Waals surface area contributed by atoms with E-state index < -0.39 is 17.8 Å². The Bertz CT molecular complexity index is 706. The highest BCUT2D eigenvalue weighted by atomic mass is 79.9. The van der Waals surface area contributed by atoms with Crippen LogP contribution in [0.15, 0.2) is 53.0 Å². The van der Waals surface area contributed by atoms with Gasteiger partial charge in [0.2, 0.25) is 0 Å². The van der Waals surface area contributed by atoms with Crippen LogP contribution in [0.25, 0.3) is 0 Å². The summed E-state index contributed by atoms with van der Waals surface area (Å²) in [7, 11) is 0. The van der Waals surface area contributed by atoms with Crippen LogP contribution >= 0.6 is 15.9 Å². The van der Waals surface area contributed by atoms with Crippen molar-refractivity contribution >= 4 is 27.8 Å². The minimum Gasteiger partial charge on any atom is -0.459 e. The maximum absolute atomic E-state index is 13.6. The summed E-state index contributed by atoms with van der Waals surface area (Å²) in [6, 6.07) is 12.2. The van der Waals surface area contributed by atoms with Crippen LogP contribution in [0.2, 0.25) is 0 Å². The van der Waals surface area contributed by atoms with Crippen molar-refractivity contribution in [2.75, 3.05) is 0 Å². The van der Waals surface area contributed by atoms with Crippen LogP contribution in [0.1, 0.15) is 22.8 Å². The molecular formula is C17H15BrFNO3. The van der Waals surface area contributed by atoms with E-state index in [0.29, 0.717) is 10.0 Å². The van der Waals surface area contributed by atoms with Crippen LogP contribution in [0.4, 0.5) is 4.39 Å². The summed E-state index contributed by atoms with van der Waals surface area (Å²) in [5, 5.41) is 2.54. The lowest BCUT2D eigenvalue weighted by molar-refractivity contribution is -0.146. The lowest BCUT2D eigenvalue weighted by Gasteiger charge is -2.13. The van der Waals surface area contributed by atoms with Crippen LogP contribution in [0, 0.1) is 5.82 Å². The number of hydrogen-bond acceptors (Lipinski definition) is 3. The molecule has 23 heavy (non-hydrogen) atoms. The lowest BCUT2D eigenvalue weighted by atomic mass is 10.2. The molecule has 6 heteroatoms. The number of benzene rings is 2. The van der Waals surface area contributed by atoms with E-state index in [-0.39, 0.29) is 18.1 Å². The highest BCUT2D eigenvalue weighted by Gasteiger charge is 2.18. The summed E-state index contributed by atoms with van der Waals surface area (Å²) in [5.41, 5.74) is 0.717. The lowest BCUT2D eigenvalue weighted by Crippen LogP contribution is -2.39. The molecule has 0 saturated carbocycles. The molecule has 0 bridgehead atoms. The fraction of sp³-hybridized carbons (Fsp3) is 0.176. The van der Waals surface area contributed by atoms with Crippen molar-refractivity contribution in [3.63, 3.8) is 0 Å². The molecule has 0 saturated heterocycles. The van der Waals surface area contributed by atoms with Gasteiger partial charge in [-0.2, -0.15) is 0 Å². The smallest absolute Gasteiger partial charge is 0.328 e. The maximum Gasteiger partial charge on any atom is 0.328 e. The highest BCUT2D eigenvalue weighted by molar-refractivity contribution is 9.10. The Balaban J connectivity index is 1.89. The van der Waals surface area contributed by atoms with Crippen LogP contribution in [-0.2, 0) is 16.1 Å². The first-order valence-corrected chi connectivity index (χ1v) is 7.73. The quantitative estimate of drug-likeness (QED) is 0.809. The van der Waals surface area contributed by atoms with Gasteiger partial charge in [-0.3, -0.25) is 4.79 Å². The number of hydrogen-bond donors (Lipinski definition) is 1. The van der Waals surface area contributed by atoms with Gasteiger partial charge < -0.3 is 10.1 Å². The zero-order valence-corrected chi connectivity index (χ0v) is 14.0. The van der Waals surface area contributed by atoms with Gasteiger partial charge in [-0.25, -0.2) is 9.18 Å². The van der Waals surface area contributed by atoms with Gasteiger partial charge >= 0.3 is 5.97 Å². The largest absolute Gasteiger partial charge is 0.459 e. The molecule has 0 aliphatic rings. The summed E-state index contributed by atoms with van der Waals surface area (Å²) in [4.78, 5) is 23.8. The van der Waals surface area contributed by atoms with Crippen molar-refractivity contribution in [1.82, 2.24) is 5.32 Å². The SMILES string of the molecule is C[C@H](NC(=O)c1ccccc1)C(=O)OCc1ccc(Br)cc1F. The highest BCUT2D eigenvalue weighted by Crippen LogP contribution is 2.16. The minimum absolute atomic E-state index is 0.191. The van der Waals surface area contributed by atoms with E-state index in [1.807, 2.05) is 0 Å². The average Bonchev–Trinajstić information content (AvgIpc) is 2.54. The molecule has 2 rings (SSSR count). The molecule has 2 aromatic carbocycles. The van der Waals surface area contributed by atoms with E-state index in [4.69, 9.17) is 4.74 Å². The van der Waals surface area contributed by atoms with Gasteiger partial charge in [-0.15, -0.1) is 0 Å². The molecule has 0 aliphatic carbocycles. The number of amides is 1. The fourth-order valence-corrected chi connectivity index (χ4v) is 2.17. The Morgan fingerprint density at radius 1 is 1.22 bits per heavy atom. The first-order chi connectivity index (χ1) is 11.0. The number of halogens is 2. The van der Waals surface area contributed by atoms with E-state index in [2.05, 4.69) is 21.2 Å². The third-order valence-electron chi connectivity index (χ3n) is 3.12. The molecular weight excluding hydrogens is 365 g/mol. The van der Waals surface area contributed by atoms with Crippen LogP contribution in [0.5, 0.6) is 0 Å². The number of ether oxygens (including phenoxy) is 1. The standard InChI is InChI=1S/C17H15BrFNO3/c1-11(20-16(21)12-5-3-2-4-6-12)17(22)23-10-13-7-8-14(18)9-15(13)19/h2-9,11H,10H2,1H3,(H,20,21)/t11-/m0/s1. The summed E-state index contributed by atoms with van der Waals surface area (Å²) in [6.45, 7) is 1.32. The average molecular weight is 380 g/mol. The summed E-state index contributed by atoms with van der Waals surface area (Å²) < 4.78 is 19.3. The van der Waals surface area contributed by atoms with Gasteiger partial charge in [-0.05, 0) is 31.2 Å². The molecule has 120 valence electrons. The molecule has 0 unspecified atom stereocenters. The van der Waals surface area contributed by atoms with Gasteiger partial charge in [0.25, 0.3) is 5.91 Å². The Kier molecular flexibility index (Phi) is 5.87. The monoisotopic (exact) mass is 379 g/mol. The first-order valence-electron chi connectivity index (χ1n) is 6.94. The number of carbonyl (C=O) groups excluding carboxylic acids is 2. The third kappa shape index (κ3) is 4.89. The van der Waals surface area contributed by atoms with E-state index in [9.17, 15) is 14.0 Å². The van der Waals surface area contributed by atoms with Gasteiger partial charge in [-0.1, -0.05) is 40.2 Å². The molecule has 4 nitrogen and oxygen atoms in total. The van der Waals surface area contributed by atoms with Crippen molar-refractivity contribution in [3.8, 4) is 0 Å². The van der Waals surface area contributed by atoms with E-state index >= 15 is 0 Å². The molecule has 1 amide bonds. The number of nitrogens with one attached hydrogen (secondary N) is 1. The Morgan fingerprint density at radius 3 is 2.57 bits per heavy atom. The molecule has 0 radical (unpaired) electrons. The Hall–Kier alpha value is -2.21. The molecule has 0 heterocycles. The van der Waals surface area contributed by atoms with Crippen LogP contribution < -0.4 is 5.32 Å². The summed E-state index contributed by atoms with van der Waals surface area (Å²) in [6.07, 6.45) is 0.